The van der Waals surface area contributed by atoms with E-state index < -0.39 is 15.1 Å². The first kappa shape index (κ1) is 18.3. The molecule has 7 nitrogen and oxygen atoms in total. The van der Waals surface area contributed by atoms with Gasteiger partial charge in [-0.3, -0.25) is 4.79 Å². The maximum atomic E-state index is 12.8. The predicted molar refractivity (Wildman–Crippen MR) is 103 cm³/mol. The van der Waals surface area contributed by atoms with Gasteiger partial charge in [0.05, 0.1) is 28.5 Å². The minimum absolute atomic E-state index is 0.142. The number of hydrogen-bond acceptors (Lipinski definition) is 5. The van der Waals surface area contributed by atoms with Gasteiger partial charge in [0.1, 0.15) is 0 Å². The molecule has 2 aliphatic rings. The minimum Gasteiger partial charge on any atom is -0.481 e. The van der Waals surface area contributed by atoms with Crippen molar-refractivity contribution in [3.05, 3.63) is 23.8 Å². The van der Waals surface area contributed by atoms with Crippen molar-refractivity contribution in [2.24, 2.45) is 7.05 Å². The molecule has 1 aromatic heterocycles. The van der Waals surface area contributed by atoms with Crippen molar-refractivity contribution in [1.29, 1.82) is 0 Å². The summed E-state index contributed by atoms with van der Waals surface area (Å²) in [6.45, 7) is 0.586. The number of rotatable bonds is 4. The van der Waals surface area contributed by atoms with Gasteiger partial charge >= 0.3 is 0 Å². The van der Waals surface area contributed by atoms with E-state index in [2.05, 4.69) is 5.10 Å². The standard InChI is InChI=1S/C19H25N3O4S/c1-21-19(26-2)16-9-8-13(10-17(16)20-21)18(23)22-11-15(12-22)27(24,25)14-6-4-3-5-7-14/h8-10,14-15H,3-7,11-12H2,1-2H3. The smallest absolute Gasteiger partial charge is 0.254 e. The second-order valence-corrected chi connectivity index (χ2v) is 10.1. The molecular weight excluding hydrogens is 366 g/mol. The van der Waals surface area contributed by atoms with Crippen molar-refractivity contribution in [3.8, 4) is 5.88 Å². The Labute approximate surface area is 159 Å². The molecule has 0 spiro atoms. The molecule has 1 saturated heterocycles. The van der Waals surface area contributed by atoms with Crippen LogP contribution in [0.4, 0.5) is 0 Å². The summed E-state index contributed by atoms with van der Waals surface area (Å²) in [7, 11) is 0.234. The van der Waals surface area contributed by atoms with Crippen molar-refractivity contribution in [2.75, 3.05) is 20.2 Å². The Hall–Kier alpha value is -2.09. The number of carbonyl (C=O) groups excluding carboxylic acids is 1. The monoisotopic (exact) mass is 391 g/mol. The van der Waals surface area contributed by atoms with Crippen LogP contribution < -0.4 is 4.74 Å². The number of nitrogens with zero attached hydrogens (tertiary/aromatic N) is 3. The Bertz CT molecular complexity index is 970. The highest BCUT2D eigenvalue weighted by atomic mass is 32.2. The first-order chi connectivity index (χ1) is 12.9. The molecule has 0 atom stereocenters. The lowest BCUT2D eigenvalue weighted by atomic mass is 10.0. The maximum Gasteiger partial charge on any atom is 0.254 e. The molecule has 1 aromatic carbocycles. The van der Waals surface area contributed by atoms with Crippen LogP contribution in [0.3, 0.4) is 0 Å². The number of carbonyl (C=O) groups is 1. The van der Waals surface area contributed by atoms with Crippen LogP contribution in [0.5, 0.6) is 5.88 Å². The average molecular weight is 391 g/mol. The number of fused-ring (bicyclic) bond motifs is 1. The number of methoxy groups -OCH3 is 1. The van der Waals surface area contributed by atoms with Gasteiger partial charge in [-0.05, 0) is 31.0 Å². The molecule has 1 aliphatic heterocycles. The summed E-state index contributed by atoms with van der Waals surface area (Å²) in [6.07, 6.45) is 4.65. The lowest BCUT2D eigenvalue weighted by Gasteiger charge is -2.40. The van der Waals surface area contributed by atoms with Gasteiger partial charge in [-0.1, -0.05) is 19.3 Å². The summed E-state index contributed by atoms with van der Waals surface area (Å²) in [6, 6.07) is 5.31. The van der Waals surface area contributed by atoms with Crippen LogP contribution in [-0.4, -0.2) is 59.7 Å². The maximum absolute atomic E-state index is 12.8. The van der Waals surface area contributed by atoms with Crippen LogP contribution in [0.15, 0.2) is 18.2 Å². The van der Waals surface area contributed by atoms with Crippen LogP contribution in [-0.2, 0) is 16.9 Å². The number of amides is 1. The SMILES string of the molecule is COc1c2ccc(C(=O)N3CC(S(=O)(=O)C4CCCCC4)C3)cc2nn1C. The van der Waals surface area contributed by atoms with E-state index in [1.165, 1.54) is 0 Å². The minimum atomic E-state index is -3.14. The highest BCUT2D eigenvalue weighted by Crippen LogP contribution is 2.31. The molecular formula is C19H25N3O4S. The summed E-state index contributed by atoms with van der Waals surface area (Å²) in [5.41, 5.74) is 1.21. The predicted octanol–water partition coefficient (Wildman–Crippen LogP) is 2.15. The summed E-state index contributed by atoms with van der Waals surface area (Å²) >= 11 is 0. The summed E-state index contributed by atoms with van der Waals surface area (Å²) < 4.78 is 32.5. The van der Waals surface area contributed by atoms with Gasteiger partial charge in [0.15, 0.2) is 9.84 Å². The van der Waals surface area contributed by atoms with Crippen LogP contribution in [0.1, 0.15) is 42.5 Å². The van der Waals surface area contributed by atoms with Crippen LogP contribution in [0, 0.1) is 0 Å². The van der Waals surface area contributed by atoms with Crippen LogP contribution >= 0.6 is 0 Å². The largest absolute Gasteiger partial charge is 0.481 e. The Morgan fingerprint density at radius 2 is 1.85 bits per heavy atom. The van der Waals surface area contributed by atoms with E-state index in [1.807, 2.05) is 6.07 Å². The zero-order chi connectivity index (χ0) is 19.2. The molecule has 1 amide bonds. The third kappa shape index (κ3) is 3.09. The second-order valence-electron chi connectivity index (χ2n) is 7.55. The molecule has 2 fully saturated rings. The number of hydrogen-bond donors (Lipinski definition) is 0. The molecule has 1 saturated carbocycles. The quantitative estimate of drug-likeness (QED) is 0.798. The number of aromatic nitrogens is 2. The molecule has 8 heteroatoms. The fourth-order valence-corrected chi connectivity index (χ4v) is 6.52. The van der Waals surface area contributed by atoms with Crippen molar-refractivity contribution >= 4 is 26.6 Å². The molecule has 0 unspecified atom stereocenters. The number of sulfone groups is 1. The number of likely N-dealkylation sites (tertiary alicyclic amines) is 1. The molecule has 0 radical (unpaired) electrons. The van der Waals surface area contributed by atoms with E-state index in [1.54, 1.807) is 35.9 Å². The van der Waals surface area contributed by atoms with Gasteiger partial charge < -0.3 is 9.64 Å². The summed E-state index contributed by atoms with van der Waals surface area (Å²) in [5.74, 6) is 0.503. The molecule has 146 valence electrons. The van der Waals surface area contributed by atoms with Gasteiger partial charge in [0, 0.05) is 25.7 Å². The van der Waals surface area contributed by atoms with Crippen LogP contribution in [0.2, 0.25) is 0 Å². The van der Waals surface area contributed by atoms with Gasteiger partial charge in [-0.2, -0.15) is 5.10 Å². The first-order valence-corrected chi connectivity index (χ1v) is 11.1. The topological polar surface area (TPSA) is 81.5 Å². The summed E-state index contributed by atoms with van der Waals surface area (Å²) in [4.78, 5) is 14.4. The highest BCUT2D eigenvalue weighted by molar-refractivity contribution is 7.92. The molecule has 27 heavy (non-hydrogen) atoms. The average Bonchev–Trinajstić information content (AvgIpc) is 2.94. The molecule has 4 rings (SSSR count). The van der Waals surface area contributed by atoms with E-state index in [0.29, 0.717) is 30.0 Å². The fourth-order valence-electron chi connectivity index (χ4n) is 4.21. The summed E-state index contributed by atoms with van der Waals surface area (Å²) in [5, 5.41) is 4.59. The number of ether oxygens (including phenoxy) is 1. The molecule has 1 aliphatic carbocycles. The van der Waals surface area contributed by atoms with Crippen LogP contribution in [0.25, 0.3) is 10.9 Å². The van der Waals surface area contributed by atoms with E-state index in [9.17, 15) is 13.2 Å². The Morgan fingerprint density at radius 1 is 1.15 bits per heavy atom. The van der Waals surface area contributed by atoms with Crippen molar-refractivity contribution in [3.63, 3.8) is 0 Å². The third-order valence-electron chi connectivity index (χ3n) is 5.84. The van der Waals surface area contributed by atoms with E-state index in [0.717, 1.165) is 37.5 Å². The Kier molecular flexibility index (Phi) is 4.61. The van der Waals surface area contributed by atoms with Crippen molar-refractivity contribution < 1.29 is 17.9 Å². The molecule has 0 bridgehead atoms. The van der Waals surface area contributed by atoms with E-state index >= 15 is 0 Å². The van der Waals surface area contributed by atoms with Gasteiger partial charge in [0.25, 0.3) is 5.91 Å². The fraction of sp³-hybridized carbons (Fsp3) is 0.579. The van der Waals surface area contributed by atoms with Gasteiger partial charge in [-0.15, -0.1) is 0 Å². The zero-order valence-electron chi connectivity index (χ0n) is 15.7. The number of benzene rings is 1. The van der Waals surface area contributed by atoms with Crippen molar-refractivity contribution in [2.45, 2.75) is 42.6 Å². The molecule has 0 N–H and O–H groups in total. The Morgan fingerprint density at radius 3 is 2.52 bits per heavy atom. The molecule has 2 heterocycles. The van der Waals surface area contributed by atoms with E-state index in [4.69, 9.17) is 4.74 Å². The number of aryl methyl sites for hydroxylation is 1. The first-order valence-electron chi connectivity index (χ1n) is 9.44. The zero-order valence-corrected chi connectivity index (χ0v) is 16.5. The third-order valence-corrected chi connectivity index (χ3v) is 8.46. The lowest BCUT2D eigenvalue weighted by Crippen LogP contribution is -2.58. The normalized spacial score (nSPS) is 19.3. The van der Waals surface area contributed by atoms with Gasteiger partial charge in [-0.25, -0.2) is 13.1 Å². The van der Waals surface area contributed by atoms with E-state index in [-0.39, 0.29) is 11.2 Å². The Balaban J connectivity index is 1.46. The highest BCUT2D eigenvalue weighted by Gasteiger charge is 2.43. The van der Waals surface area contributed by atoms with Crippen molar-refractivity contribution in [1.82, 2.24) is 14.7 Å². The van der Waals surface area contributed by atoms with Gasteiger partial charge in [0.2, 0.25) is 5.88 Å². The molecule has 2 aromatic rings. The lowest BCUT2D eigenvalue weighted by molar-refractivity contribution is 0.0658. The second kappa shape index (κ2) is 6.82.